The molecule has 0 bridgehead atoms. The van der Waals surface area contributed by atoms with Gasteiger partial charge in [-0.2, -0.15) is 0 Å². The zero-order valence-corrected chi connectivity index (χ0v) is 9.06. The van der Waals surface area contributed by atoms with Crippen LogP contribution in [0.1, 0.15) is 6.42 Å². The smallest absolute Gasteiger partial charge is 0.305 e. The number of amides is 1. The van der Waals surface area contributed by atoms with Crippen molar-refractivity contribution >= 4 is 11.9 Å². The van der Waals surface area contributed by atoms with Gasteiger partial charge in [0.25, 0.3) is 0 Å². The number of carboxylic acids is 1. The maximum absolute atomic E-state index is 11.4. The van der Waals surface area contributed by atoms with E-state index in [-0.39, 0.29) is 25.5 Å². The quantitative estimate of drug-likeness (QED) is 0.600. The second kappa shape index (κ2) is 8.19. The summed E-state index contributed by atoms with van der Waals surface area (Å²) in [5, 5.41) is 8.50. The number of methoxy groups -OCH3 is 2. The van der Waals surface area contributed by atoms with Crippen LogP contribution in [0.25, 0.3) is 0 Å². The van der Waals surface area contributed by atoms with E-state index in [1.807, 2.05) is 0 Å². The van der Waals surface area contributed by atoms with Crippen LogP contribution in [-0.2, 0) is 19.1 Å². The van der Waals surface area contributed by atoms with Crippen molar-refractivity contribution in [2.75, 3.05) is 40.5 Å². The van der Waals surface area contributed by atoms with Crippen molar-refractivity contribution in [2.45, 2.75) is 6.42 Å². The molecule has 0 aromatic heterocycles. The molecule has 0 rings (SSSR count). The summed E-state index contributed by atoms with van der Waals surface area (Å²) < 4.78 is 9.52. The molecule has 0 unspecified atom stereocenters. The normalized spacial score (nSPS) is 10.0. The minimum atomic E-state index is -0.928. The fraction of sp³-hybridized carbons (Fsp3) is 0.778. The first kappa shape index (κ1) is 13.9. The lowest BCUT2D eigenvalue weighted by Gasteiger charge is -2.21. The molecule has 0 aromatic carbocycles. The molecule has 6 nitrogen and oxygen atoms in total. The molecular weight excluding hydrogens is 202 g/mol. The van der Waals surface area contributed by atoms with Gasteiger partial charge in [0.05, 0.1) is 13.0 Å². The van der Waals surface area contributed by atoms with Crippen LogP contribution in [0.3, 0.4) is 0 Å². The summed E-state index contributed by atoms with van der Waals surface area (Å²) in [5.41, 5.74) is 0. The minimum absolute atomic E-state index is 0.0384. The van der Waals surface area contributed by atoms with Crippen molar-refractivity contribution in [2.24, 2.45) is 0 Å². The second-order valence-corrected chi connectivity index (χ2v) is 2.95. The summed E-state index contributed by atoms with van der Waals surface area (Å²) in [6, 6.07) is 0. The number of carboxylic acid groups (broad SMARTS) is 1. The van der Waals surface area contributed by atoms with E-state index in [0.717, 1.165) is 0 Å². The van der Waals surface area contributed by atoms with E-state index in [1.165, 1.54) is 19.1 Å². The summed E-state index contributed by atoms with van der Waals surface area (Å²) in [6.07, 6.45) is -0.0703. The Morgan fingerprint density at radius 2 is 1.87 bits per heavy atom. The van der Waals surface area contributed by atoms with E-state index in [2.05, 4.69) is 0 Å². The molecule has 88 valence electrons. The van der Waals surface area contributed by atoms with Gasteiger partial charge in [-0.25, -0.2) is 0 Å². The maximum Gasteiger partial charge on any atom is 0.305 e. The lowest BCUT2D eigenvalue weighted by atomic mass is 10.3. The molecule has 0 saturated heterocycles. The average molecular weight is 219 g/mol. The highest BCUT2D eigenvalue weighted by atomic mass is 16.5. The Morgan fingerprint density at radius 1 is 1.20 bits per heavy atom. The molecule has 0 aliphatic rings. The van der Waals surface area contributed by atoms with Gasteiger partial charge >= 0.3 is 5.97 Å². The number of nitrogens with zero attached hydrogens (tertiary/aromatic N) is 1. The fourth-order valence-corrected chi connectivity index (χ4v) is 1.01. The van der Waals surface area contributed by atoms with E-state index < -0.39 is 5.97 Å². The molecule has 0 saturated carbocycles. The number of carbonyl (C=O) groups excluding carboxylic acids is 1. The van der Waals surface area contributed by atoms with E-state index >= 15 is 0 Å². The fourth-order valence-electron chi connectivity index (χ4n) is 1.01. The Labute approximate surface area is 88.8 Å². The third-order valence-corrected chi connectivity index (χ3v) is 1.78. The number of ether oxygens (including phenoxy) is 2. The van der Waals surface area contributed by atoms with Crippen LogP contribution in [0.5, 0.6) is 0 Å². The molecule has 1 amide bonds. The molecule has 0 fully saturated rings. The Balaban J connectivity index is 4.04. The topological polar surface area (TPSA) is 76.1 Å². The molecule has 1 N–H and O–H groups in total. The van der Waals surface area contributed by atoms with Crippen LogP contribution in [0.15, 0.2) is 0 Å². The largest absolute Gasteiger partial charge is 0.481 e. The van der Waals surface area contributed by atoms with Gasteiger partial charge in [-0.1, -0.05) is 0 Å². The first-order valence-corrected chi connectivity index (χ1v) is 4.59. The maximum atomic E-state index is 11.4. The Morgan fingerprint density at radius 3 is 2.33 bits per heavy atom. The zero-order valence-electron chi connectivity index (χ0n) is 9.06. The van der Waals surface area contributed by atoms with Crippen molar-refractivity contribution in [1.29, 1.82) is 0 Å². The van der Waals surface area contributed by atoms with Gasteiger partial charge < -0.3 is 19.5 Å². The van der Waals surface area contributed by atoms with Crippen molar-refractivity contribution in [3.63, 3.8) is 0 Å². The van der Waals surface area contributed by atoms with Crippen LogP contribution >= 0.6 is 0 Å². The Bertz CT molecular complexity index is 207. The summed E-state index contributed by atoms with van der Waals surface area (Å²) in [7, 11) is 2.94. The number of hydrogen-bond donors (Lipinski definition) is 1. The van der Waals surface area contributed by atoms with Crippen LogP contribution in [0, 0.1) is 0 Å². The van der Waals surface area contributed by atoms with Crippen molar-refractivity contribution < 1.29 is 24.2 Å². The lowest BCUT2D eigenvalue weighted by molar-refractivity contribution is -0.140. The molecule has 0 atom stereocenters. The van der Waals surface area contributed by atoms with Gasteiger partial charge in [-0.3, -0.25) is 9.59 Å². The second-order valence-electron chi connectivity index (χ2n) is 2.95. The molecule has 15 heavy (non-hydrogen) atoms. The summed E-state index contributed by atoms with van der Waals surface area (Å²) >= 11 is 0. The Kier molecular flexibility index (Phi) is 7.57. The molecule has 0 aliphatic heterocycles. The Hall–Kier alpha value is -1.14. The summed E-state index contributed by atoms with van der Waals surface area (Å²) in [4.78, 5) is 23.2. The average Bonchev–Trinajstić information content (AvgIpc) is 2.17. The van der Waals surface area contributed by atoms with Gasteiger partial charge in [0.1, 0.15) is 6.61 Å². The number of aliphatic carboxylic acids is 1. The van der Waals surface area contributed by atoms with Crippen molar-refractivity contribution in [3.05, 3.63) is 0 Å². The number of carbonyl (C=O) groups is 2. The van der Waals surface area contributed by atoms with Gasteiger partial charge in [0, 0.05) is 27.3 Å². The lowest BCUT2D eigenvalue weighted by Crippen LogP contribution is -2.37. The van der Waals surface area contributed by atoms with E-state index in [4.69, 9.17) is 14.6 Å². The van der Waals surface area contributed by atoms with Crippen LogP contribution in [-0.4, -0.2) is 62.4 Å². The molecule has 0 radical (unpaired) electrons. The predicted molar refractivity (Wildman–Crippen MR) is 52.6 cm³/mol. The standard InChI is InChI=1S/C9H17NO5/c1-14-6-5-10(4-3-9(12)13)8(11)7-15-2/h3-7H2,1-2H3,(H,12,13). The minimum Gasteiger partial charge on any atom is -0.481 e. The van der Waals surface area contributed by atoms with E-state index in [9.17, 15) is 9.59 Å². The monoisotopic (exact) mass is 219 g/mol. The van der Waals surface area contributed by atoms with Gasteiger partial charge in [0.2, 0.25) is 5.91 Å². The first-order chi connectivity index (χ1) is 7.11. The first-order valence-electron chi connectivity index (χ1n) is 4.59. The van der Waals surface area contributed by atoms with Crippen LogP contribution < -0.4 is 0 Å². The molecule has 0 heterocycles. The third kappa shape index (κ3) is 6.87. The third-order valence-electron chi connectivity index (χ3n) is 1.78. The van der Waals surface area contributed by atoms with E-state index in [1.54, 1.807) is 0 Å². The molecule has 6 heteroatoms. The zero-order chi connectivity index (χ0) is 11.7. The molecule has 0 aliphatic carbocycles. The highest BCUT2D eigenvalue weighted by Gasteiger charge is 2.13. The van der Waals surface area contributed by atoms with Crippen molar-refractivity contribution in [3.8, 4) is 0 Å². The van der Waals surface area contributed by atoms with Gasteiger partial charge in [0.15, 0.2) is 0 Å². The number of rotatable bonds is 8. The number of hydrogen-bond acceptors (Lipinski definition) is 4. The summed E-state index contributed by atoms with van der Waals surface area (Å²) in [5.74, 6) is -1.15. The SMILES string of the molecule is COCCN(CCC(=O)O)C(=O)COC. The molecular formula is C9H17NO5. The molecule has 0 aromatic rings. The van der Waals surface area contributed by atoms with Gasteiger partial charge in [-0.15, -0.1) is 0 Å². The van der Waals surface area contributed by atoms with Crippen molar-refractivity contribution in [1.82, 2.24) is 4.90 Å². The van der Waals surface area contributed by atoms with Crippen LogP contribution in [0.2, 0.25) is 0 Å². The van der Waals surface area contributed by atoms with Gasteiger partial charge in [-0.05, 0) is 0 Å². The highest BCUT2D eigenvalue weighted by Crippen LogP contribution is 1.94. The summed E-state index contributed by atoms with van der Waals surface area (Å²) in [6.45, 7) is 0.908. The van der Waals surface area contributed by atoms with E-state index in [0.29, 0.717) is 13.2 Å². The molecule has 0 spiro atoms. The highest BCUT2D eigenvalue weighted by molar-refractivity contribution is 5.78. The predicted octanol–water partition coefficient (Wildman–Crippen LogP) is -0.417. The van der Waals surface area contributed by atoms with Crippen LogP contribution in [0.4, 0.5) is 0 Å².